The van der Waals surface area contributed by atoms with Crippen molar-refractivity contribution in [2.24, 2.45) is 0 Å². The van der Waals surface area contributed by atoms with Crippen LogP contribution in [0.15, 0.2) is 18.3 Å². The molecule has 8 heteroatoms. The van der Waals surface area contributed by atoms with Crippen molar-refractivity contribution in [2.75, 3.05) is 18.4 Å². The van der Waals surface area contributed by atoms with Crippen LogP contribution >= 0.6 is 0 Å². The quantitative estimate of drug-likeness (QED) is 0.818. The average molecular weight is 375 g/mol. The molecule has 27 heavy (non-hydrogen) atoms. The second-order valence-corrected chi connectivity index (χ2v) is 9.26. The Morgan fingerprint density at radius 2 is 1.85 bits per heavy atom. The molecule has 3 rings (SSSR count). The molecule has 1 N–H and O–H groups in total. The van der Waals surface area contributed by atoms with E-state index in [1.807, 2.05) is 60.6 Å². The first-order valence-corrected chi connectivity index (χ1v) is 9.43. The molecule has 0 aromatic carbocycles. The standard InChI is InChI=1S/C19H30BN3O4/c1-17(2,3)25-16(24)23-11-13(12-23)22-15-14(9-8-10-21-15)20-26-18(4,5)19(6,7)27-20/h8-10,13H,11-12H2,1-7H3,(H,21,22). The van der Waals surface area contributed by atoms with Crippen molar-refractivity contribution in [1.29, 1.82) is 0 Å². The van der Waals surface area contributed by atoms with E-state index < -0.39 is 23.9 Å². The smallest absolute Gasteiger partial charge is 0.444 e. The molecule has 3 heterocycles. The Morgan fingerprint density at radius 3 is 2.41 bits per heavy atom. The van der Waals surface area contributed by atoms with E-state index in [0.29, 0.717) is 13.1 Å². The number of carbonyl (C=O) groups is 1. The normalized spacial score (nSPS) is 21.7. The fourth-order valence-corrected chi connectivity index (χ4v) is 2.94. The van der Waals surface area contributed by atoms with Crippen molar-refractivity contribution in [3.05, 3.63) is 18.3 Å². The minimum absolute atomic E-state index is 0.119. The van der Waals surface area contributed by atoms with Gasteiger partial charge in [-0.1, -0.05) is 6.07 Å². The molecule has 1 aromatic heterocycles. The maximum Gasteiger partial charge on any atom is 0.498 e. The molecule has 1 amide bonds. The number of carbonyl (C=O) groups excluding carboxylic acids is 1. The van der Waals surface area contributed by atoms with Crippen LogP contribution in [-0.4, -0.2) is 59.0 Å². The van der Waals surface area contributed by atoms with Crippen molar-refractivity contribution in [2.45, 2.75) is 71.3 Å². The number of hydrogen-bond donors (Lipinski definition) is 1. The molecule has 2 aliphatic rings. The summed E-state index contributed by atoms with van der Waals surface area (Å²) in [7, 11) is -0.478. The van der Waals surface area contributed by atoms with Gasteiger partial charge in [0.15, 0.2) is 0 Å². The zero-order valence-corrected chi connectivity index (χ0v) is 17.3. The summed E-state index contributed by atoms with van der Waals surface area (Å²) >= 11 is 0. The molecule has 0 aliphatic carbocycles. The van der Waals surface area contributed by atoms with Crippen molar-refractivity contribution in [1.82, 2.24) is 9.88 Å². The molecule has 7 nitrogen and oxygen atoms in total. The summed E-state index contributed by atoms with van der Waals surface area (Å²) in [6.45, 7) is 14.9. The predicted molar refractivity (Wildman–Crippen MR) is 105 cm³/mol. The molecule has 0 atom stereocenters. The molecule has 2 fully saturated rings. The summed E-state index contributed by atoms with van der Waals surface area (Å²) < 4.78 is 17.7. The lowest BCUT2D eigenvalue weighted by atomic mass is 9.79. The van der Waals surface area contributed by atoms with Gasteiger partial charge in [-0.15, -0.1) is 0 Å². The van der Waals surface area contributed by atoms with E-state index in [2.05, 4.69) is 10.3 Å². The van der Waals surface area contributed by atoms with Gasteiger partial charge < -0.3 is 24.3 Å². The second kappa shape index (κ2) is 6.67. The van der Waals surface area contributed by atoms with E-state index in [1.165, 1.54) is 0 Å². The molecule has 1 aromatic rings. The lowest BCUT2D eigenvalue weighted by molar-refractivity contribution is 0.00578. The maximum absolute atomic E-state index is 12.1. The lowest BCUT2D eigenvalue weighted by Crippen LogP contribution is -2.58. The summed E-state index contributed by atoms with van der Waals surface area (Å²) in [4.78, 5) is 18.2. The minimum atomic E-state index is -0.486. The molecule has 0 unspecified atom stereocenters. The summed E-state index contributed by atoms with van der Waals surface area (Å²) in [5.41, 5.74) is -0.434. The Morgan fingerprint density at radius 1 is 1.26 bits per heavy atom. The van der Waals surface area contributed by atoms with Gasteiger partial charge in [0.25, 0.3) is 0 Å². The fraction of sp³-hybridized carbons (Fsp3) is 0.684. The number of aromatic nitrogens is 1. The van der Waals surface area contributed by atoms with Crippen molar-refractivity contribution >= 4 is 24.5 Å². The molecule has 2 saturated heterocycles. The van der Waals surface area contributed by atoms with Gasteiger partial charge in [-0.05, 0) is 54.5 Å². The summed E-state index contributed by atoms with van der Waals surface area (Å²) in [6, 6.07) is 3.95. The maximum atomic E-state index is 12.1. The van der Waals surface area contributed by atoms with Gasteiger partial charge in [-0.25, -0.2) is 9.78 Å². The van der Waals surface area contributed by atoms with E-state index >= 15 is 0 Å². The monoisotopic (exact) mass is 375 g/mol. The third-order valence-corrected chi connectivity index (χ3v) is 5.22. The van der Waals surface area contributed by atoms with Crippen LogP contribution in [-0.2, 0) is 14.0 Å². The second-order valence-electron chi connectivity index (χ2n) is 9.26. The molecule has 0 saturated carbocycles. The zero-order valence-electron chi connectivity index (χ0n) is 17.3. The lowest BCUT2D eigenvalue weighted by Gasteiger charge is -2.40. The molecule has 148 valence electrons. The van der Waals surface area contributed by atoms with Crippen LogP contribution in [0.3, 0.4) is 0 Å². The van der Waals surface area contributed by atoms with Crippen molar-refractivity contribution in [3.8, 4) is 0 Å². The zero-order chi connectivity index (χ0) is 20.0. The molecule has 2 aliphatic heterocycles. The first-order valence-electron chi connectivity index (χ1n) is 9.43. The number of nitrogens with zero attached hydrogens (tertiary/aromatic N) is 2. The highest BCUT2D eigenvalue weighted by Crippen LogP contribution is 2.37. The number of hydrogen-bond acceptors (Lipinski definition) is 6. The summed E-state index contributed by atoms with van der Waals surface area (Å²) in [5, 5.41) is 3.41. The highest BCUT2D eigenvalue weighted by atomic mass is 16.7. The van der Waals surface area contributed by atoms with Gasteiger partial charge in [0.2, 0.25) is 0 Å². The molecular weight excluding hydrogens is 345 g/mol. The van der Waals surface area contributed by atoms with E-state index in [1.54, 1.807) is 11.1 Å². The van der Waals surface area contributed by atoms with E-state index in [4.69, 9.17) is 14.0 Å². The Balaban J connectivity index is 1.63. The number of rotatable bonds is 3. The number of anilines is 1. The number of likely N-dealkylation sites (tertiary alicyclic amines) is 1. The summed E-state index contributed by atoms with van der Waals surface area (Å²) in [5.74, 6) is 0.727. The predicted octanol–water partition coefficient (Wildman–Crippen LogP) is 2.41. The SMILES string of the molecule is CC(C)(C)OC(=O)N1CC(Nc2ncccc2B2OC(C)(C)C(C)(C)O2)C1. The van der Waals surface area contributed by atoms with Crippen molar-refractivity contribution in [3.63, 3.8) is 0 Å². The third kappa shape index (κ3) is 4.22. The Labute approximate surface area is 161 Å². The topological polar surface area (TPSA) is 72.9 Å². The number of pyridine rings is 1. The van der Waals surface area contributed by atoms with E-state index in [9.17, 15) is 4.79 Å². The highest BCUT2D eigenvalue weighted by Gasteiger charge is 2.52. The van der Waals surface area contributed by atoms with Crippen LogP contribution in [0.25, 0.3) is 0 Å². The molecule has 0 radical (unpaired) electrons. The first-order chi connectivity index (χ1) is 12.4. The Bertz CT molecular complexity index is 695. The Kier molecular flexibility index (Phi) is 4.93. The first kappa shape index (κ1) is 20.0. The van der Waals surface area contributed by atoms with Gasteiger partial charge in [0, 0.05) is 24.7 Å². The fourth-order valence-electron chi connectivity index (χ4n) is 2.94. The van der Waals surface area contributed by atoms with Crippen LogP contribution in [0.2, 0.25) is 0 Å². The van der Waals surface area contributed by atoms with Crippen LogP contribution < -0.4 is 10.8 Å². The highest BCUT2D eigenvalue weighted by molar-refractivity contribution is 6.63. The van der Waals surface area contributed by atoms with Crippen LogP contribution in [0, 0.1) is 0 Å². The van der Waals surface area contributed by atoms with Gasteiger partial charge in [0.05, 0.1) is 17.2 Å². The minimum Gasteiger partial charge on any atom is -0.444 e. The van der Waals surface area contributed by atoms with E-state index in [0.717, 1.165) is 11.3 Å². The van der Waals surface area contributed by atoms with Gasteiger partial charge in [-0.3, -0.25) is 0 Å². The van der Waals surface area contributed by atoms with Gasteiger partial charge in [0.1, 0.15) is 11.4 Å². The average Bonchev–Trinajstić information content (AvgIpc) is 2.69. The van der Waals surface area contributed by atoms with E-state index in [-0.39, 0.29) is 12.1 Å². The van der Waals surface area contributed by atoms with Gasteiger partial charge >= 0.3 is 13.2 Å². The number of amides is 1. The van der Waals surface area contributed by atoms with Crippen molar-refractivity contribution < 1.29 is 18.8 Å². The number of nitrogens with one attached hydrogen (secondary N) is 1. The van der Waals surface area contributed by atoms with Crippen LogP contribution in [0.5, 0.6) is 0 Å². The van der Waals surface area contributed by atoms with Gasteiger partial charge in [-0.2, -0.15) is 0 Å². The molecule has 0 spiro atoms. The molecule has 0 bridgehead atoms. The van der Waals surface area contributed by atoms with Crippen LogP contribution in [0.4, 0.5) is 10.6 Å². The number of ether oxygens (including phenoxy) is 1. The third-order valence-electron chi connectivity index (χ3n) is 5.22. The molecular formula is C19H30BN3O4. The summed E-state index contributed by atoms with van der Waals surface area (Å²) in [6.07, 6.45) is 1.45. The van der Waals surface area contributed by atoms with Crippen LogP contribution in [0.1, 0.15) is 48.5 Å². The Hall–Kier alpha value is -1.80. The largest absolute Gasteiger partial charge is 0.498 e.